The molecule has 0 atom stereocenters. The molecule has 2 aromatic heterocycles. The first-order valence-corrected chi connectivity index (χ1v) is 7.29. The zero-order valence-corrected chi connectivity index (χ0v) is 12.3. The summed E-state index contributed by atoms with van der Waals surface area (Å²) < 4.78 is 8.95. The predicted molar refractivity (Wildman–Crippen MR) is 74.9 cm³/mol. The normalized spacial score (nSPS) is 14.4. The molecule has 21 heavy (non-hydrogen) atoms. The summed E-state index contributed by atoms with van der Waals surface area (Å²) in [5.41, 5.74) is 1.30. The van der Waals surface area contributed by atoms with E-state index >= 15 is 0 Å². The molecule has 0 amide bonds. The van der Waals surface area contributed by atoms with Crippen molar-refractivity contribution in [1.29, 1.82) is 0 Å². The Labute approximate surface area is 122 Å². The van der Waals surface area contributed by atoms with Crippen molar-refractivity contribution in [3.8, 4) is 0 Å². The van der Waals surface area contributed by atoms with Crippen molar-refractivity contribution in [2.24, 2.45) is 0 Å². The van der Waals surface area contributed by atoms with E-state index in [0.29, 0.717) is 24.8 Å². The van der Waals surface area contributed by atoms with E-state index in [9.17, 15) is 4.79 Å². The monoisotopic (exact) mass is 289 g/mol. The van der Waals surface area contributed by atoms with Gasteiger partial charge in [0.05, 0.1) is 18.8 Å². The number of ether oxygens (including phenoxy) is 1. The van der Waals surface area contributed by atoms with Gasteiger partial charge in [0, 0.05) is 24.9 Å². The molecule has 112 valence electrons. The average Bonchev–Trinajstić information content (AvgIpc) is 3.08. The molecule has 0 N–H and O–H groups in total. The minimum atomic E-state index is -0.371. The lowest BCUT2D eigenvalue weighted by Gasteiger charge is -2.08. The maximum atomic E-state index is 11.9. The van der Waals surface area contributed by atoms with Crippen LogP contribution in [0.15, 0.2) is 12.4 Å². The second kappa shape index (κ2) is 5.67. The average molecular weight is 289 g/mol. The molecule has 0 unspecified atom stereocenters. The van der Waals surface area contributed by atoms with Gasteiger partial charge in [0.15, 0.2) is 5.69 Å². The van der Waals surface area contributed by atoms with Crippen molar-refractivity contribution in [3.05, 3.63) is 29.6 Å². The van der Waals surface area contributed by atoms with E-state index in [1.807, 2.05) is 17.8 Å². The van der Waals surface area contributed by atoms with Crippen LogP contribution in [0.1, 0.15) is 47.7 Å². The molecule has 2 aromatic rings. The fourth-order valence-corrected chi connectivity index (χ4v) is 2.43. The number of carbonyl (C=O) groups is 1. The summed E-state index contributed by atoms with van der Waals surface area (Å²) in [5, 5.41) is 8.17. The molecule has 0 aromatic carbocycles. The van der Waals surface area contributed by atoms with Crippen LogP contribution < -0.4 is 0 Å². The Morgan fingerprint density at radius 1 is 1.43 bits per heavy atom. The molecule has 7 heteroatoms. The van der Waals surface area contributed by atoms with Crippen LogP contribution >= 0.6 is 0 Å². The number of nitrogens with zero attached hydrogens (tertiary/aromatic N) is 5. The Morgan fingerprint density at radius 3 is 2.86 bits per heavy atom. The van der Waals surface area contributed by atoms with Crippen molar-refractivity contribution >= 4 is 5.97 Å². The number of aromatic nitrogens is 5. The third kappa shape index (κ3) is 2.81. The molecular weight excluding hydrogens is 270 g/mol. The summed E-state index contributed by atoms with van der Waals surface area (Å²) in [6, 6.07) is 0. The summed E-state index contributed by atoms with van der Waals surface area (Å²) >= 11 is 0. The number of hydrogen-bond donors (Lipinski definition) is 0. The number of carbonyl (C=O) groups excluding carboxylic acids is 1. The lowest BCUT2D eigenvalue weighted by Crippen LogP contribution is -2.13. The van der Waals surface area contributed by atoms with Crippen LogP contribution in [0.5, 0.6) is 0 Å². The number of imidazole rings is 1. The summed E-state index contributed by atoms with van der Waals surface area (Å²) in [7, 11) is 0. The number of esters is 1. The topological polar surface area (TPSA) is 74.8 Å². The summed E-state index contributed by atoms with van der Waals surface area (Å²) in [5.74, 6) is 0.987. The van der Waals surface area contributed by atoms with Gasteiger partial charge in [0.1, 0.15) is 5.82 Å². The van der Waals surface area contributed by atoms with E-state index in [1.165, 1.54) is 0 Å². The van der Waals surface area contributed by atoms with Crippen molar-refractivity contribution < 1.29 is 9.53 Å². The van der Waals surface area contributed by atoms with Crippen LogP contribution in [0.4, 0.5) is 0 Å². The van der Waals surface area contributed by atoms with Crippen LogP contribution in [-0.4, -0.2) is 37.1 Å². The van der Waals surface area contributed by atoms with Crippen LogP contribution in [0.2, 0.25) is 0 Å². The Hall–Kier alpha value is -2.18. The highest BCUT2D eigenvalue weighted by Gasteiger charge is 2.34. The van der Waals surface area contributed by atoms with E-state index in [2.05, 4.69) is 19.9 Å². The maximum Gasteiger partial charge on any atom is 0.360 e. The molecule has 1 aliphatic carbocycles. The Morgan fingerprint density at radius 2 is 2.24 bits per heavy atom. The van der Waals surface area contributed by atoms with Gasteiger partial charge < -0.3 is 9.30 Å². The molecule has 7 nitrogen and oxygen atoms in total. The van der Waals surface area contributed by atoms with Gasteiger partial charge in [-0.1, -0.05) is 5.21 Å². The van der Waals surface area contributed by atoms with Crippen LogP contribution in [0.3, 0.4) is 0 Å². The fourth-order valence-electron chi connectivity index (χ4n) is 2.43. The molecule has 0 saturated heterocycles. The zero-order chi connectivity index (χ0) is 14.8. The number of rotatable bonds is 6. The van der Waals surface area contributed by atoms with Gasteiger partial charge in [-0.2, -0.15) is 0 Å². The fraction of sp³-hybridized carbons (Fsp3) is 0.571. The molecule has 1 saturated carbocycles. The largest absolute Gasteiger partial charge is 0.461 e. The maximum absolute atomic E-state index is 11.9. The predicted octanol–water partition coefficient (Wildman–Crippen LogP) is 1.54. The lowest BCUT2D eigenvalue weighted by atomic mass is 10.2. The molecule has 0 spiro atoms. The molecular formula is C14H19N5O2. The van der Waals surface area contributed by atoms with Gasteiger partial charge in [-0.15, -0.1) is 5.10 Å². The van der Waals surface area contributed by atoms with Crippen LogP contribution in [-0.2, 0) is 17.8 Å². The quantitative estimate of drug-likeness (QED) is 0.754. The molecule has 1 aliphatic rings. The number of aryl methyl sites for hydroxylation is 3. The van der Waals surface area contributed by atoms with E-state index < -0.39 is 0 Å². The summed E-state index contributed by atoms with van der Waals surface area (Å²) in [6.07, 6.45) is 5.89. The molecule has 2 heterocycles. The van der Waals surface area contributed by atoms with Crippen molar-refractivity contribution in [2.45, 2.75) is 45.7 Å². The number of hydrogen-bond acceptors (Lipinski definition) is 5. The highest BCUT2D eigenvalue weighted by atomic mass is 16.5. The summed E-state index contributed by atoms with van der Waals surface area (Å²) in [6.45, 7) is 5.55. The first-order chi connectivity index (χ1) is 10.2. The van der Waals surface area contributed by atoms with Gasteiger partial charge in [0.2, 0.25) is 0 Å². The highest BCUT2D eigenvalue weighted by Crippen LogP contribution is 2.41. The zero-order valence-electron chi connectivity index (χ0n) is 12.3. The first kappa shape index (κ1) is 13.8. The molecule has 0 aliphatic heterocycles. The first-order valence-electron chi connectivity index (χ1n) is 7.29. The van der Waals surface area contributed by atoms with Gasteiger partial charge in [-0.05, 0) is 26.7 Å². The van der Waals surface area contributed by atoms with Crippen molar-refractivity contribution in [2.75, 3.05) is 6.61 Å². The van der Waals surface area contributed by atoms with Crippen molar-refractivity contribution in [1.82, 2.24) is 24.5 Å². The third-order valence-electron chi connectivity index (χ3n) is 3.68. The van der Waals surface area contributed by atoms with E-state index in [1.54, 1.807) is 13.1 Å². The van der Waals surface area contributed by atoms with Gasteiger partial charge in [0.25, 0.3) is 0 Å². The molecule has 1 fully saturated rings. The summed E-state index contributed by atoms with van der Waals surface area (Å²) in [4.78, 5) is 16.1. The highest BCUT2D eigenvalue weighted by molar-refractivity contribution is 5.88. The third-order valence-corrected chi connectivity index (χ3v) is 3.68. The molecule has 3 rings (SSSR count). The Balaban J connectivity index is 1.79. The van der Waals surface area contributed by atoms with Crippen LogP contribution in [0.25, 0.3) is 0 Å². The van der Waals surface area contributed by atoms with E-state index in [4.69, 9.17) is 4.74 Å². The van der Waals surface area contributed by atoms with Gasteiger partial charge in [-0.3, -0.25) is 0 Å². The second-order valence-corrected chi connectivity index (χ2v) is 5.21. The second-order valence-electron chi connectivity index (χ2n) is 5.21. The minimum absolute atomic E-state index is 0.351. The minimum Gasteiger partial charge on any atom is -0.461 e. The van der Waals surface area contributed by atoms with Crippen LogP contribution in [0, 0.1) is 6.92 Å². The molecule has 0 bridgehead atoms. The van der Waals surface area contributed by atoms with E-state index in [0.717, 1.165) is 30.9 Å². The van der Waals surface area contributed by atoms with Gasteiger partial charge >= 0.3 is 5.97 Å². The van der Waals surface area contributed by atoms with Crippen molar-refractivity contribution in [3.63, 3.8) is 0 Å². The Bertz CT molecular complexity index is 642. The van der Waals surface area contributed by atoms with Gasteiger partial charge in [-0.25, -0.2) is 14.5 Å². The smallest absolute Gasteiger partial charge is 0.360 e. The SMILES string of the molecule is CCOC(=O)c1nnn(CCn2ccnc2C)c1C1CC1. The molecule has 0 radical (unpaired) electrons. The standard InChI is InChI=1S/C14H19N5O2/c1-3-21-14(20)12-13(11-4-5-11)19(17-16-12)9-8-18-7-6-15-10(18)2/h6-7,11H,3-5,8-9H2,1-2H3. The lowest BCUT2D eigenvalue weighted by molar-refractivity contribution is 0.0518. The Kier molecular flexibility index (Phi) is 3.72. The van der Waals surface area contributed by atoms with E-state index in [-0.39, 0.29) is 5.97 Å².